The number of hydrogen-bond acceptors (Lipinski definition) is 1. The fourth-order valence-electron chi connectivity index (χ4n) is 8.10. The number of hydrogen-bond donors (Lipinski definition) is 0. The zero-order chi connectivity index (χ0) is 39.6. The van der Waals surface area contributed by atoms with E-state index in [1.54, 1.807) is 0 Å². The average molecular weight is 748 g/mol. The van der Waals surface area contributed by atoms with Crippen LogP contribution in [0, 0.1) is 13.8 Å². The Morgan fingerprint density at radius 1 is 0.517 bits per heavy atom. The fourth-order valence-corrected chi connectivity index (χ4v) is 8.10. The predicted octanol–water partition coefficient (Wildman–Crippen LogP) is 14.5. The Morgan fingerprint density at radius 3 is 1.78 bits per heavy atom. The van der Waals surface area contributed by atoms with Crippen LogP contribution in [0.3, 0.4) is 0 Å². The Hall–Kier alpha value is -7.10. The van der Waals surface area contributed by atoms with Crippen LogP contribution in [0.5, 0.6) is 0 Å². The number of aryl methyl sites for hydroxylation is 2. The highest BCUT2D eigenvalue weighted by Gasteiger charge is 2.17. The second kappa shape index (κ2) is 15.8. The van der Waals surface area contributed by atoms with E-state index in [1.807, 2.05) is 60.7 Å². The highest BCUT2D eigenvalue weighted by atomic mass is 15.0. The molecule has 3 heteroatoms. The van der Waals surface area contributed by atoms with E-state index in [1.165, 1.54) is 60.9 Å². The second-order valence-electron chi connectivity index (χ2n) is 15.1. The van der Waals surface area contributed by atoms with Gasteiger partial charge in [0.25, 0.3) is 0 Å². The van der Waals surface area contributed by atoms with E-state index in [-0.39, 0.29) is 0 Å². The molecular formula is C55H45N3. The van der Waals surface area contributed by atoms with Gasteiger partial charge in [0, 0.05) is 27.7 Å². The molecule has 1 aliphatic rings. The highest BCUT2D eigenvalue weighted by molar-refractivity contribution is 6.14. The molecule has 7 aromatic carbocycles. The van der Waals surface area contributed by atoms with E-state index in [2.05, 4.69) is 153 Å². The molecule has 0 saturated heterocycles. The van der Waals surface area contributed by atoms with Gasteiger partial charge >= 0.3 is 0 Å². The minimum absolute atomic E-state index is 0.632. The minimum atomic E-state index is 0.632. The van der Waals surface area contributed by atoms with Crippen molar-refractivity contribution in [3.8, 4) is 33.4 Å². The van der Waals surface area contributed by atoms with Gasteiger partial charge in [0.15, 0.2) is 5.84 Å². The molecule has 9 rings (SSSR count). The molecule has 3 nitrogen and oxygen atoms in total. The van der Waals surface area contributed by atoms with Crippen LogP contribution in [-0.4, -0.2) is 16.1 Å². The molecule has 0 bridgehead atoms. The monoisotopic (exact) mass is 747 g/mol. The summed E-state index contributed by atoms with van der Waals surface area (Å²) in [4.78, 5) is 10.1. The molecule has 0 atom stereocenters. The number of benzene rings is 7. The van der Waals surface area contributed by atoms with Crippen molar-refractivity contribution in [2.24, 2.45) is 9.98 Å². The van der Waals surface area contributed by atoms with Gasteiger partial charge in [-0.3, -0.25) is 0 Å². The number of amidine groups is 1. The number of nitrogens with zero attached hydrogens (tertiary/aromatic N) is 3. The van der Waals surface area contributed by atoms with Crippen LogP contribution >= 0.6 is 0 Å². The lowest BCUT2D eigenvalue weighted by molar-refractivity contribution is 1.02. The molecule has 0 unspecified atom stereocenters. The van der Waals surface area contributed by atoms with Crippen molar-refractivity contribution in [1.29, 1.82) is 0 Å². The summed E-state index contributed by atoms with van der Waals surface area (Å²) < 4.78 is 2.43. The van der Waals surface area contributed by atoms with E-state index < -0.39 is 0 Å². The van der Waals surface area contributed by atoms with Gasteiger partial charge in [-0.25, -0.2) is 9.98 Å². The number of fused-ring (bicyclic) bond motifs is 3. The maximum atomic E-state index is 5.13. The summed E-state index contributed by atoms with van der Waals surface area (Å²) in [6.07, 6.45) is 9.04. The third-order valence-corrected chi connectivity index (χ3v) is 11.3. The summed E-state index contributed by atoms with van der Waals surface area (Å²) in [5.74, 6) is 0.632. The summed E-state index contributed by atoms with van der Waals surface area (Å²) >= 11 is 0. The quantitative estimate of drug-likeness (QED) is 0.109. The summed E-state index contributed by atoms with van der Waals surface area (Å²) in [5, 5.41) is 2.47. The van der Waals surface area contributed by atoms with Crippen molar-refractivity contribution in [3.63, 3.8) is 0 Å². The van der Waals surface area contributed by atoms with Crippen molar-refractivity contribution in [3.05, 3.63) is 216 Å². The maximum absolute atomic E-state index is 5.13. The summed E-state index contributed by atoms with van der Waals surface area (Å²) in [5.41, 5.74) is 18.0. The average Bonchev–Trinajstić information content (AvgIpc) is 3.60. The molecule has 0 saturated carbocycles. The molecule has 0 fully saturated rings. The smallest absolute Gasteiger partial charge is 0.160 e. The normalized spacial score (nSPS) is 13.3. The first-order valence-corrected chi connectivity index (χ1v) is 20.1. The molecule has 0 aliphatic heterocycles. The van der Waals surface area contributed by atoms with Gasteiger partial charge in [0.05, 0.1) is 16.7 Å². The van der Waals surface area contributed by atoms with Gasteiger partial charge in [-0.1, -0.05) is 146 Å². The van der Waals surface area contributed by atoms with E-state index >= 15 is 0 Å². The molecule has 8 aromatic rings. The summed E-state index contributed by atoms with van der Waals surface area (Å²) in [6.45, 7) is 10.7. The van der Waals surface area contributed by atoms with Gasteiger partial charge in [-0.2, -0.15) is 0 Å². The van der Waals surface area contributed by atoms with Gasteiger partial charge in [0.2, 0.25) is 0 Å². The van der Waals surface area contributed by atoms with Crippen LogP contribution < -0.4 is 0 Å². The molecule has 0 N–H and O–H groups in total. The minimum Gasteiger partial charge on any atom is -0.310 e. The predicted molar refractivity (Wildman–Crippen MR) is 249 cm³/mol. The molecular weight excluding hydrogens is 703 g/mol. The SMILES string of the molecule is C=C(N=C(N=C(C)c1cccc(-c2ccc3c(c2)c2cc(-c4ccc(C)c(-c5ccccc5C)c4)ccc2n3C2=CCCC=C2)c1)c1ccccc1)c1ccccc1. The van der Waals surface area contributed by atoms with Gasteiger partial charge in [0.1, 0.15) is 0 Å². The van der Waals surface area contributed by atoms with E-state index in [0.717, 1.165) is 46.4 Å². The molecule has 0 spiro atoms. The second-order valence-corrected chi connectivity index (χ2v) is 15.1. The number of allylic oxidation sites excluding steroid dienone is 4. The van der Waals surface area contributed by atoms with Crippen molar-refractivity contribution in [1.82, 2.24) is 4.57 Å². The Balaban J connectivity index is 1.14. The van der Waals surface area contributed by atoms with Crippen molar-refractivity contribution in [2.45, 2.75) is 33.6 Å². The summed E-state index contributed by atoms with van der Waals surface area (Å²) in [6, 6.07) is 58.3. The first-order chi connectivity index (χ1) is 28.4. The molecule has 1 heterocycles. The van der Waals surface area contributed by atoms with Gasteiger partial charge in [-0.05, 0) is 132 Å². The standard InChI is InChI=1S/C55H45N3/c1-37-17-14-15-26-49(37)50-34-45(28-27-38(50)2)47-30-32-54-52(36-47)51-35-46(29-31-53(51)58(54)48-24-12-7-13-25-48)44-23-16-22-43(33-44)40(4)57-55(42-20-10-6-11-21-42)56-39(3)41-18-8-5-9-19-41/h5-6,8-12,14-36H,3,7,13H2,1-2,4H3. The van der Waals surface area contributed by atoms with Crippen LogP contribution in [0.15, 0.2) is 199 Å². The zero-order valence-corrected chi connectivity index (χ0v) is 33.3. The van der Waals surface area contributed by atoms with Crippen LogP contribution in [0.4, 0.5) is 0 Å². The number of rotatable bonds is 8. The van der Waals surface area contributed by atoms with Crippen molar-refractivity contribution < 1.29 is 0 Å². The lowest BCUT2D eigenvalue weighted by Gasteiger charge is -2.13. The van der Waals surface area contributed by atoms with E-state index in [9.17, 15) is 0 Å². The Morgan fingerprint density at radius 2 is 1.10 bits per heavy atom. The van der Waals surface area contributed by atoms with Crippen LogP contribution in [0.25, 0.3) is 66.6 Å². The summed E-state index contributed by atoms with van der Waals surface area (Å²) in [7, 11) is 0. The highest BCUT2D eigenvalue weighted by Crippen LogP contribution is 2.39. The molecule has 0 amide bonds. The molecule has 1 aliphatic carbocycles. The Kier molecular flexibility index (Phi) is 9.95. The first kappa shape index (κ1) is 36.5. The topological polar surface area (TPSA) is 29.6 Å². The van der Waals surface area contributed by atoms with Crippen LogP contribution in [-0.2, 0) is 0 Å². The third kappa shape index (κ3) is 7.19. The third-order valence-electron chi connectivity index (χ3n) is 11.3. The Bertz CT molecular complexity index is 2970. The van der Waals surface area contributed by atoms with Crippen LogP contribution in [0.1, 0.15) is 47.6 Å². The van der Waals surface area contributed by atoms with E-state index in [4.69, 9.17) is 9.98 Å². The van der Waals surface area contributed by atoms with Crippen molar-refractivity contribution >= 4 is 44.7 Å². The van der Waals surface area contributed by atoms with E-state index in [0.29, 0.717) is 11.5 Å². The molecule has 58 heavy (non-hydrogen) atoms. The number of aliphatic imine (C=N–C) groups is 2. The molecule has 280 valence electrons. The van der Waals surface area contributed by atoms with Crippen LogP contribution in [0.2, 0.25) is 0 Å². The largest absolute Gasteiger partial charge is 0.310 e. The lowest BCUT2D eigenvalue weighted by Crippen LogP contribution is -2.04. The van der Waals surface area contributed by atoms with Crippen molar-refractivity contribution in [2.75, 3.05) is 0 Å². The Labute approximate surface area is 341 Å². The zero-order valence-electron chi connectivity index (χ0n) is 33.3. The maximum Gasteiger partial charge on any atom is 0.160 e. The lowest BCUT2D eigenvalue weighted by atomic mass is 9.92. The fraction of sp³-hybridized carbons (Fsp3) is 0.0909. The number of aromatic nitrogens is 1. The molecule has 1 aromatic heterocycles. The van der Waals surface area contributed by atoms with Gasteiger partial charge < -0.3 is 4.57 Å². The molecule has 0 radical (unpaired) electrons. The van der Waals surface area contributed by atoms with Gasteiger partial charge in [-0.15, -0.1) is 0 Å². The first-order valence-electron chi connectivity index (χ1n) is 20.1.